The summed E-state index contributed by atoms with van der Waals surface area (Å²) in [4.78, 5) is 16.8. The molecule has 0 saturated carbocycles. The van der Waals surface area contributed by atoms with Crippen molar-refractivity contribution in [2.75, 3.05) is 48.0 Å². The molecule has 0 bridgehead atoms. The molecule has 19 heavy (non-hydrogen) atoms. The first-order chi connectivity index (χ1) is 9.19. The third-order valence-electron chi connectivity index (χ3n) is 2.82. The number of aliphatic hydroxyl groups is 1. The first-order valence-corrected chi connectivity index (χ1v) is 6.53. The van der Waals surface area contributed by atoms with Gasteiger partial charge in [0.15, 0.2) is 0 Å². The molecule has 0 unspecified atom stereocenters. The second-order valence-corrected chi connectivity index (χ2v) is 3.88. The van der Waals surface area contributed by atoms with Crippen LogP contribution >= 0.6 is 0 Å². The lowest BCUT2D eigenvalue weighted by Crippen LogP contribution is -2.31. The molecule has 0 atom stereocenters. The van der Waals surface area contributed by atoms with Crippen LogP contribution in [0.4, 0.5) is 17.8 Å². The van der Waals surface area contributed by atoms with Crippen LogP contribution < -0.4 is 21.1 Å². The summed E-state index contributed by atoms with van der Waals surface area (Å²) in [5.41, 5.74) is 2.45. The molecule has 1 aromatic rings. The first kappa shape index (κ1) is 15.4. The number of hydrazine groups is 1. The summed E-state index contributed by atoms with van der Waals surface area (Å²) in [5, 5.41) is 9.06. The third-order valence-corrected chi connectivity index (χ3v) is 2.82. The molecule has 8 nitrogen and oxygen atoms in total. The number of hydrogen-bond donors (Lipinski definition) is 3. The van der Waals surface area contributed by atoms with E-state index in [-0.39, 0.29) is 6.61 Å². The van der Waals surface area contributed by atoms with Gasteiger partial charge in [0.05, 0.1) is 6.61 Å². The molecule has 0 spiro atoms. The lowest BCUT2D eigenvalue weighted by Gasteiger charge is -2.23. The van der Waals surface area contributed by atoms with Gasteiger partial charge in [0.2, 0.25) is 17.8 Å². The molecule has 8 heteroatoms. The number of aromatic nitrogens is 3. The molecule has 1 heterocycles. The Kier molecular flexibility index (Phi) is 6.23. The van der Waals surface area contributed by atoms with Crippen molar-refractivity contribution in [2.24, 2.45) is 5.84 Å². The summed E-state index contributed by atoms with van der Waals surface area (Å²) in [7, 11) is 0. The van der Waals surface area contributed by atoms with Gasteiger partial charge in [0.1, 0.15) is 0 Å². The van der Waals surface area contributed by atoms with E-state index in [1.54, 1.807) is 0 Å². The average molecular weight is 269 g/mol. The number of rotatable bonds is 8. The van der Waals surface area contributed by atoms with E-state index in [0.29, 0.717) is 30.9 Å². The molecule has 1 rings (SSSR count). The Hall–Kier alpha value is -1.67. The Balaban J connectivity index is 3.13. The smallest absolute Gasteiger partial charge is 0.243 e. The molecule has 0 aliphatic rings. The van der Waals surface area contributed by atoms with Crippen LogP contribution in [0.25, 0.3) is 0 Å². The summed E-state index contributed by atoms with van der Waals surface area (Å²) in [6.07, 6.45) is 0. The highest BCUT2D eigenvalue weighted by molar-refractivity contribution is 5.44. The zero-order valence-electron chi connectivity index (χ0n) is 11.8. The molecule has 0 aromatic carbocycles. The van der Waals surface area contributed by atoms with Gasteiger partial charge in [-0.1, -0.05) is 0 Å². The van der Waals surface area contributed by atoms with E-state index in [0.717, 1.165) is 13.1 Å². The molecule has 1 aromatic heterocycles. The molecule has 0 amide bonds. The predicted molar refractivity (Wildman–Crippen MR) is 76.2 cm³/mol. The standard InChI is InChI=1S/C11H23N7O/c1-4-17(5-2)10-13-9(16-12)14-11(15-10)18(6-3)7-8-19/h19H,4-8,12H2,1-3H3,(H,13,14,15,16). The highest BCUT2D eigenvalue weighted by Crippen LogP contribution is 2.15. The average Bonchev–Trinajstić information content (AvgIpc) is 2.45. The van der Waals surface area contributed by atoms with E-state index in [2.05, 4.69) is 20.4 Å². The van der Waals surface area contributed by atoms with Crippen LogP contribution in [0, 0.1) is 0 Å². The van der Waals surface area contributed by atoms with Gasteiger partial charge >= 0.3 is 0 Å². The summed E-state index contributed by atoms with van der Waals surface area (Å²) in [5.74, 6) is 6.82. The van der Waals surface area contributed by atoms with E-state index >= 15 is 0 Å². The fourth-order valence-corrected chi connectivity index (χ4v) is 1.73. The van der Waals surface area contributed by atoms with Gasteiger partial charge in [-0.05, 0) is 20.8 Å². The third kappa shape index (κ3) is 3.90. The normalized spacial score (nSPS) is 10.4. The van der Waals surface area contributed by atoms with Crippen molar-refractivity contribution in [3.63, 3.8) is 0 Å². The maximum Gasteiger partial charge on any atom is 0.243 e. The number of nitrogens with two attached hydrogens (primary N) is 1. The number of anilines is 3. The number of nitrogens with zero attached hydrogens (tertiary/aromatic N) is 5. The fraction of sp³-hybridized carbons (Fsp3) is 0.727. The summed E-state index contributed by atoms with van der Waals surface area (Å²) < 4.78 is 0. The Bertz CT molecular complexity index is 383. The molecule has 0 aliphatic heterocycles. The van der Waals surface area contributed by atoms with Crippen molar-refractivity contribution in [1.82, 2.24) is 15.0 Å². The molecule has 0 radical (unpaired) electrons. The van der Waals surface area contributed by atoms with Crippen LogP contribution in [0.15, 0.2) is 0 Å². The van der Waals surface area contributed by atoms with Crippen LogP contribution in [0.5, 0.6) is 0 Å². The van der Waals surface area contributed by atoms with E-state index < -0.39 is 0 Å². The Morgan fingerprint density at radius 1 is 1.00 bits per heavy atom. The second kappa shape index (κ2) is 7.70. The number of aliphatic hydroxyl groups excluding tert-OH is 1. The maximum absolute atomic E-state index is 9.06. The molecule has 108 valence electrons. The van der Waals surface area contributed by atoms with Gasteiger partial charge in [0, 0.05) is 26.2 Å². The molecular weight excluding hydrogens is 246 g/mol. The van der Waals surface area contributed by atoms with Crippen molar-refractivity contribution >= 4 is 17.8 Å². The van der Waals surface area contributed by atoms with Crippen molar-refractivity contribution < 1.29 is 5.11 Å². The second-order valence-electron chi connectivity index (χ2n) is 3.88. The Morgan fingerprint density at radius 3 is 1.95 bits per heavy atom. The van der Waals surface area contributed by atoms with Crippen LogP contribution in [0.2, 0.25) is 0 Å². The predicted octanol–water partition coefficient (Wildman–Crippen LogP) is -0.178. The van der Waals surface area contributed by atoms with Crippen molar-refractivity contribution in [2.45, 2.75) is 20.8 Å². The minimum absolute atomic E-state index is 0.0471. The van der Waals surface area contributed by atoms with Gasteiger partial charge in [-0.25, -0.2) is 5.84 Å². The van der Waals surface area contributed by atoms with Gasteiger partial charge in [-0.3, -0.25) is 5.43 Å². The Morgan fingerprint density at radius 2 is 1.53 bits per heavy atom. The van der Waals surface area contributed by atoms with Crippen molar-refractivity contribution in [1.29, 1.82) is 0 Å². The fourth-order valence-electron chi connectivity index (χ4n) is 1.73. The summed E-state index contributed by atoms with van der Waals surface area (Å²) >= 11 is 0. The molecule has 0 fully saturated rings. The minimum Gasteiger partial charge on any atom is -0.395 e. The van der Waals surface area contributed by atoms with Gasteiger partial charge in [-0.2, -0.15) is 15.0 Å². The zero-order chi connectivity index (χ0) is 14.3. The largest absolute Gasteiger partial charge is 0.395 e. The van der Waals surface area contributed by atoms with Crippen LogP contribution in [0.3, 0.4) is 0 Å². The minimum atomic E-state index is 0.0471. The van der Waals surface area contributed by atoms with E-state index in [4.69, 9.17) is 10.9 Å². The summed E-state index contributed by atoms with van der Waals surface area (Å²) in [6.45, 7) is 8.87. The highest BCUT2D eigenvalue weighted by atomic mass is 16.3. The number of nitrogen functional groups attached to an aromatic ring is 1. The van der Waals surface area contributed by atoms with E-state index in [9.17, 15) is 0 Å². The monoisotopic (exact) mass is 269 g/mol. The number of likely N-dealkylation sites (N-methyl/N-ethyl adjacent to an activating group) is 1. The molecule has 0 saturated heterocycles. The van der Waals surface area contributed by atoms with Crippen molar-refractivity contribution in [3.05, 3.63) is 0 Å². The van der Waals surface area contributed by atoms with E-state index in [1.165, 1.54) is 0 Å². The maximum atomic E-state index is 9.06. The number of nitrogens with one attached hydrogen (secondary N) is 1. The number of hydrogen-bond acceptors (Lipinski definition) is 8. The topological polar surface area (TPSA) is 103 Å². The van der Waals surface area contributed by atoms with Gasteiger partial charge in [0.25, 0.3) is 0 Å². The van der Waals surface area contributed by atoms with Gasteiger partial charge < -0.3 is 14.9 Å². The molecule has 4 N–H and O–H groups in total. The first-order valence-electron chi connectivity index (χ1n) is 6.53. The SMILES string of the molecule is CCN(CC)c1nc(NN)nc(N(CC)CCO)n1. The van der Waals surface area contributed by atoms with Crippen LogP contribution in [0.1, 0.15) is 20.8 Å². The van der Waals surface area contributed by atoms with Crippen LogP contribution in [-0.4, -0.2) is 52.8 Å². The Labute approximate surface area is 113 Å². The quantitative estimate of drug-likeness (QED) is 0.441. The lowest BCUT2D eigenvalue weighted by atomic mass is 10.5. The van der Waals surface area contributed by atoms with E-state index in [1.807, 2.05) is 30.6 Å². The molecule has 0 aliphatic carbocycles. The summed E-state index contributed by atoms with van der Waals surface area (Å²) in [6, 6.07) is 0. The van der Waals surface area contributed by atoms with Crippen LogP contribution in [-0.2, 0) is 0 Å². The highest BCUT2D eigenvalue weighted by Gasteiger charge is 2.14. The lowest BCUT2D eigenvalue weighted by molar-refractivity contribution is 0.301. The zero-order valence-corrected chi connectivity index (χ0v) is 11.8. The van der Waals surface area contributed by atoms with Crippen molar-refractivity contribution in [3.8, 4) is 0 Å². The van der Waals surface area contributed by atoms with Gasteiger partial charge in [-0.15, -0.1) is 0 Å². The molecular formula is C11H23N7O.